The summed E-state index contributed by atoms with van der Waals surface area (Å²) in [5.41, 5.74) is 3.00. The van der Waals surface area contributed by atoms with Crippen LogP contribution in [0.4, 0.5) is 0 Å². The fourth-order valence-electron chi connectivity index (χ4n) is 1.95. The number of aromatic amines is 1. The molecule has 2 heterocycles. The van der Waals surface area contributed by atoms with E-state index in [1.807, 2.05) is 26.0 Å². The van der Waals surface area contributed by atoms with Gasteiger partial charge in [0.05, 0.1) is 16.5 Å². The highest BCUT2D eigenvalue weighted by atomic mass is 16.3. The Balaban J connectivity index is 2.45. The molecular formula is C13H11N3O. The zero-order chi connectivity index (χ0) is 12.0. The quantitative estimate of drug-likeness (QED) is 0.690. The van der Waals surface area contributed by atoms with Crippen molar-refractivity contribution in [3.05, 3.63) is 29.8 Å². The van der Waals surface area contributed by atoms with Crippen LogP contribution >= 0.6 is 0 Å². The van der Waals surface area contributed by atoms with Gasteiger partial charge in [-0.2, -0.15) is 5.26 Å². The van der Waals surface area contributed by atoms with Crippen molar-refractivity contribution in [3.63, 3.8) is 0 Å². The van der Waals surface area contributed by atoms with Crippen molar-refractivity contribution < 1.29 is 4.42 Å². The Hall–Kier alpha value is -2.28. The molecule has 0 aliphatic rings. The molecule has 0 saturated carbocycles. The van der Waals surface area contributed by atoms with Crippen molar-refractivity contribution in [3.8, 4) is 6.07 Å². The number of benzene rings is 1. The number of fused-ring (bicyclic) bond motifs is 3. The van der Waals surface area contributed by atoms with Gasteiger partial charge >= 0.3 is 0 Å². The smallest absolute Gasteiger partial charge is 0.198 e. The fourth-order valence-corrected chi connectivity index (χ4v) is 1.95. The first-order valence-corrected chi connectivity index (χ1v) is 5.51. The average Bonchev–Trinajstić information content (AvgIpc) is 2.91. The second-order valence-electron chi connectivity index (χ2n) is 4.36. The highest BCUT2D eigenvalue weighted by Gasteiger charge is 2.15. The van der Waals surface area contributed by atoms with Crippen LogP contribution in [-0.4, -0.2) is 9.97 Å². The van der Waals surface area contributed by atoms with Crippen LogP contribution < -0.4 is 0 Å². The molecule has 0 fully saturated rings. The van der Waals surface area contributed by atoms with E-state index in [4.69, 9.17) is 9.68 Å². The molecule has 3 aromatic rings. The number of nitrogens with zero attached hydrogens (tertiary/aromatic N) is 2. The third-order valence-electron chi connectivity index (χ3n) is 2.83. The molecule has 0 amide bonds. The van der Waals surface area contributed by atoms with Crippen molar-refractivity contribution in [2.24, 2.45) is 0 Å². The summed E-state index contributed by atoms with van der Waals surface area (Å²) in [5.74, 6) is 0.944. The van der Waals surface area contributed by atoms with Gasteiger partial charge in [-0.25, -0.2) is 4.98 Å². The summed E-state index contributed by atoms with van der Waals surface area (Å²) < 4.78 is 5.76. The van der Waals surface area contributed by atoms with Crippen LogP contribution in [-0.2, 0) is 0 Å². The summed E-state index contributed by atoms with van der Waals surface area (Å²) >= 11 is 0. The molecule has 0 saturated heterocycles. The van der Waals surface area contributed by atoms with Gasteiger partial charge in [0, 0.05) is 12.1 Å². The monoisotopic (exact) mass is 225 g/mol. The molecule has 4 heteroatoms. The fraction of sp³-hybridized carbons (Fsp3) is 0.231. The predicted molar refractivity (Wildman–Crippen MR) is 64.7 cm³/mol. The van der Waals surface area contributed by atoms with E-state index in [2.05, 4.69) is 16.0 Å². The molecule has 0 aliphatic heterocycles. The molecule has 17 heavy (non-hydrogen) atoms. The minimum absolute atomic E-state index is 0.238. The lowest BCUT2D eigenvalue weighted by Crippen LogP contribution is -1.84. The van der Waals surface area contributed by atoms with E-state index in [0.717, 1.165) is 16.4 Å². The topological polar surface area (TPSA) is 65.6 Å². The number of hydrogen-bond acceptors (Lipinski definition) is 3. The van der Waals surface area contributed by atoms with Crippen molar-refractivity contribution in [2.75, 3.05) is 0 Å². The molecule has 1 aromatic carbocycles. The number of H-pyrrole nitrogens is 1. The maximum Gasteiger partial charge on any atom is 0.198 e. The molecule has 3 rings (SSSR count). The van der Waals surface area contributed by atoms with Gasteiger partial charge in [-0.3, -0.25) is 0 Å². The van der Waals surface area contributed by atoms with Gasteiger partial charge in [0.15, 0.2) is 11.5 Å². The Bertz CT molecular complexity index is 743. The van der Waals surface area contributed by atoms with Crippen molar-refractivity contribution in [1.29, 1.82) is 5.26 Å². The minimum atomic E-state index is 0.238. The summed E-state index contributed by atoms with van der Waals surface area (Å²) in [7, 11) is 0. The van der Waals surface area contributed by atoms with Gasteiger partial charge in [-0.15, -0.1) is 0 Å². The van der Waals surface area contributed by atoms with Gasteiger partial charge in [0.2, 0.25) is 0 Å². The molecule has 4 nitrogen and oxygen atoms in total. The van der Waals surface area contributed by atoms with E-state index in [0.29, 0.717) is 17.0 Å². The summed E-state index contributed by atoms with van der Waals surface area (Å²) in [6.07, 6.45) is 1.70. The number of nitrogens with one attached hydrogen (secondary N) is 1. The molecule has 0 atom stereocenters. The normalized spacial score (nSPS) is 11.4. The third kappa shape index (κ3) is 1.32. The Morgan fingerprint density at radius 2 is 2.24 bits per heavy atom. The largest absolute Gasteiger partial charge is 0.440 e. The van der Waals surface area contributed by atoms with Crippen molar-refractivity contribution in [1.82, 2.24) is 9.97 Å². The number of oxazole rings is 1. The molecule has 1 N–H and O–H groups in total. The Morgan fingerprint density at radius 1 is 1.41 bits per heavy atom. The lowest BCUT2D eigenvalue weighted by atomic mass is 10.1. The second kappa shape index (κ2) is 3.36. The number of nitriles is 1. The average molecular weight is 225 g/mol. The second-order valence-corrected chi connectivity index (χ2v) is 4.36. The maximum atomic E-state index is 9.07. The predicted octanol–water partition coefficient (Wildman–Crippen LogP) is 3.30. The summed E-state index contributed by atoms with van der Waals surface area (Å²) in [5, 5.41) is 9.89. The highest BCUT2D eigenvalue weighted by molar-refractivity contribution is 6.04. The first-order valence-electron chi connectivity index (χ1n) is 5.51. The summed E-state index contributed by atoms with van der Waals surface area (Å²) in [4.78, 5) is 7.49. The van der Waals surface area contributed by atoms with Crippen molar-refractivity contribution >= 4 is 22.0 Å². The first kappa shape index (κ1) is 9.91. The summed E-state index contributed by atoms with van der Waals surface area (Å²) in [6, 6.07) is 5.99. The van der Waals surface area contributed by atoms with Crippen molar-refractivity contribution in [2.45, 2.75) is 19.8 Å². The number of aromatic nitrogens is 2. The molecule has 2 aromatic heterocycles. The lowest BCUT2D eigenvalue weighted by Gasteiger charge is -1.94. The Kier molecular flexibility index (Phi) is 1.96. The van der Waals surface area contributed by atoms with Crippen LogP contribution in [0.25, 0.3) is 22.0 Å². The Morgan fingerprint density at radius 3 is 2.94 bits per heavy atom. The number of rotatable bonds is 1. The zero-order valence-corrected chi connectivity index (χ0v) is 9.61. The van der Waals surface area contributed by atoms with Crippen LogP contribution in [0.2, 0.25) is 0 Å². The van der Waals surface area contributed by atoms with Gasteiger partial charge in [0.1, 0.15) is 11.6 Å². The molecule has 0 bridgehead atoms. The van der Waals surface area contributed by atoms with Gasteiger partial charge < -0.3 is 9.40 Å². The molecule has 0 spiro atoms. The SMILES string of the molecule is CC(C)c1nc2ccc3[nH]cc(C#N)c3c2o1. The maximum absolute atomic E-state index is 9.07. The van der Waals surface area contributed by atoms with Gasteiger partial charge in [-0.1, -0.05) is 13.8 Å². The lowest BCUT2D eigenvalue weighted by molar-refractivity contribution is 0.503. The van der Waals surface area contributed by atoms with E-state index in [1.165, 1.54) is 0 Å². The molecule has 84 valence electrons. The minimum Gasteiger partial charge on any atom is -0.440 e. The van der Waals surface area contributed by atoms with Crippen LogP contribution in [0.3, 0.4) is 0 Å². The van der Waals surface area contributed by atoms with E-state index in [-0.39, 0.29) is 5.92 Å². The van der Waals surface area contributed by atoms with Crippen LogP contribution in [0, 0.1) is 11.3 Å². The molecule has 0 aliphatic carbocycles. The van der Waals surface area contributed by atoms with E-state index < -0.39 is 0 Å². The number of hydrogen-bond donors (Lipinski definition) is 1. The molecule has 0 unspecified atom stereocenters. The Labute approximate surface area is 97.9 Å². The molecular weight excluding hydrogens is 214 g/mol. The first-order chi connectivity index (χ1) is 8.20. The van der Waals surface area contributed by atoms with Gasteiger partial charge in [-0.05, 0) is 12.1 Å². The highest BCUT2D eigenvalue weighted by Crippen LogP contribution is 2.30. The standard InChI is InChI=1S/C13H11N3O/c1-7(2)13-16-10-4-3-9-11(12(10)17-13)8(5-14)6-15-9/h3-4,6-7,15H,1-2H3. The van der Waals surface area contributed by atoms with Crippen LogP contribution in [0.5, 0.6) is 0 Å². The third-order valence-corrected chi connectivity index (χ3v) is 2.83. The molecule has 0 radical (unpaired) electrons. The van der Waals surface area contributed by atoms with E-state index in [9.17, 15) is 0 Å². The van der Waals surface area contributed by atoms with Crippen LogP contribution in [0.15, 0.2) is 22.7 Å². The van der Waals surface area contributed by atoms with E-state index in [1.54, 1.807) is 6.20 Å². The van der Waals surface area contributed by atoms with E-state index >= 15 is 0 Å². The van der Waals surface area contributed by atoms with Crippen LogP contribution in [0.1, 0.15) is 31.2 Å². The zero-order valence-electron chi connectivity index (χ0n) is 9.61. The summed E-state index contributed by atoms with van der Waals surface area (Å²) in [6.45, 7) is 4.06. The van der Waals surface area contributed by atoms with Gasteiger partial charge in [0.25, 0.3) is 0 Å².